The Bertz CT molecular complexity index is 1220. The third kappa shape index (κ3) is 3.84. The first-order chi connectivity index (χ1) is 15.5. The fourth-order valence-electron chi connectivity index (χ4n) is 3.53. The molecule has 2 N–H and O–H groups in total. The highest BCUT2D eigenvalue weighted by molar-refractivity contribution is 5.88. The molecule has 8 heteroatoms. The fraction of sp³-hybridized carbons (Fsp3) is 0.167. The lowest BCUT2D eigenvalue weighted by Crippen LogP contribution is -2.21. The first kappa shape index (κ1) is 20.9. The van der Waals surface area contributed by atoms with E-state index in [0.717, 1.165) is 5.56 Å². The van der Waals surface area contributed by atoms with Gasteiger partial charge < -0.3 is 29.1 Å². The van der Waals surface area contributed by atoms with Crippen LogP contribution in [0.2, 0.25) is 0 Å². The predicted molar refractivity (Wildman–Crippen MR) is 114 cm³/mol. The van der Waals surface area contributed by atoms with E-state index in [1.807, 2.05) is 13.0 Å². The van der Waals surface area contributed by atoms with Gasteiger partial charge in [-0.25, -0.2) is 4.79 Å². The number of furan rings is 1. The quantitative estimate of drug-likeness (QED) is 0.457. The number of methoxy groups -OCH3 is 1. The van der Waals surface area contributed by atoms with Crippen molar-refractivity contribution in [1.82, 2.24) is 0 Å². The zero-order valence-corrected chi connectivity index (χ0v) is 17.5. The summed E-state index contributed by atoms with van der Waals surface area (Å²) < 4.78 is 27.2. The Balaban J connectivity index is 1.73. The number of fused-ring (bicyclic) bond motifs is 1. The van der Waals surface area contributed by atoms with Gasteiger partial charge in [-0.3, -0.25) is 0 Å². The van der Waals surface area contributed by atoms with Crippen LogP contribution in [0.15, 0.2) is 70.7 Å². The topological polar surface area (TPSA) is 117 Å². The molecule has 0 aliphatic carbocycles. The van der Waals surface area contributed by atoms with Crippen LogP contribution in [0.5, 0.6) is 23.0 Å². The van der Waals surface area contributed by atoms with Gasteiger partial charge in [-0.05, 0) is 42.8 Å². The third-order valence-electron chi connectivity index (χ3n) is 4.94. The van der Waals surface area contributed by atoms with Crippen LogP contribution in [0.25, 0.3) is 0 Å². The Morgan fingerprint density at radius 3 is 2.72 bits per heavy atom. The summed E-state index contributed by atoms with van der Waals surface area (Å²) >= 11 is 0. The molecule has 0 spiro atoms. The average molecular weight is 432 g/mol. The van der Waals surface area contributed by atoms with Gasteiger partial charge in [0.25, 0.3) is 0 Å². The highest BCUT2D eigenvalue weighted by Gasteiger charge is 2.32. The van der Waals surface area contributed by atoms with Gasteiger partial charge in [0.2, 0.25) is 11.6 Å². The highest BCUT2D eigenvalue weighted by Crippen LogP contribution is 2.45. The molecule has 1 aliphatic rings. The van der Waals surface area contributed by atoms with E-state index in [9.17, 15) is 10.1 Å². The normalized spacial score (nSPS) is 14.7. The van der Waals surface area contributed by atoms with Gasteiger partial charge in [0.1, 0.15) is 23.1 Å². The van der Waals surface area contributed by atoms with Gasteiger partial charge in [-0.1, -0.05) is 12.1 Å². The molecule has 0 fully saturated rings. The number of nitrogens with two attached hydrogens (primary N) is 1. The standard InChI is InChI=1S/C24H20N2O6/c1-3-29-18-9-6-14(11-21(18)28-2)22-16-8-7-15(31-24(27)19-5-4-10-30-19)12-20(16)32-23(26)17(22)13-25/h4-12,22H,3,26H2,1-2H3. The molecule has 1 unspecified atom stereocenters. The minimum Gasteiger partial charge on any atom is -0.493 e. The molecule has 162 valence electrons. The van der Waals surface area contributed by atoms with Crippen molar-refractivity contribution in [3.63, 3.8) is 0 Å². The zero-order valence-electron chi connectivity index (χ0n) is 17.5. The number of rotatable bonds is 6. The van der Waals surface area contributed by atoms with E-state index >= 15 is 0 Å². The van der Waals surface area contributed by atoms with E-state index < -0.39 is 11.9 Å². The molecule has 0 saturated heterocycles. The minimum atomic E-state index is -0.639. The van der Waals surface area contributed by atoms with Gasteiger partial charge in [0.05, 0.1) is 25.9 Å². The number of esters is 1. The van der Waals surface area contributed by atoms with Crippen LogP contribution in [0.4, 0.5) is 0 Å². The Morgan fingerprint density at radius 1 is 1.19 bits per heavy atom. The number of hydrogen-bond donors (Lipinski definition) is 1. The summed E-state index contributed by atoms with van der Waals surface area (Å²) in [7, 11) is 1.55. The molecule has 1 aromatic heterocycles. The number of benzene rings is 2. The van der Waals surface area contributed by atoms with Crippen LogP contribution >= 0.6 is 0 Å². The Kier molecular flexibility index (Phi) is 5.73. The van der Waals surface area contributed by atoms with Crippen LogP contribution in [0.1, 0.15) is 34.5 Å². The van der Waals surface area contributed by atoms with Crippen molar-refractivity contribution >= 4 is 5.97 Å². The number of ether oxygens (including phenoxy) is 4. The molecule has 1 atom stereocenters. The monoisotopic (exact) mass is 432 g/mol. The van der Waals surface area contributed by atoms with E-state index in [4.69, 9.17) is 29.1 Å². The van der Waals surface area contributed by atoms with Crippen LogP contribution in [-0.4, -0.2) is 19.7 Å². The van der Waals surface area contributed by atoms with Gasteiger partial charge in [-0.2, -0.15) is 5.26 Å². The second-order valence-corrected chi connectivity index (χ2v) is 6.83. The summed E-state index contributed by atoms with van der Waals surface area (Å²) in [6.07, 6.45) is 1.39. The lowest BCUT2D eigenvalue weighted by Gasteiger charge is -2.27. The summed E-state index contributed by atoms with van der Waals surface area (Å²) in [5, 5.41) is 9.76. The van der Waals surface area contributed by atoms with Crippen molar-refractivity contribution in [3.8, 4) is 29.1 Å². The van der Waals surface area contributed by atoms with Gasteiger partial charge >= 0.3 is 5.97 Å². The Morgan fingerprint density at radius 2 is 2.03 bits per heavy atom. The molecule has 0 amide bonds. The molecule has 8 nitrogen and oxygen atoms in total. The van der Waals surface area contributed by atoms with Crippen LogP contribution < -0.4 is 24.7 Å². The zero-order chi connectivity index (χ0) is 22.7. The number of nitriles is 1. The average Bonchev–Trinajstić information content (AvgIpc) is 3.34. The molecule has 32 heavy (non-hydrogen) atoms. The molecular formula is C24H20N2O6. The third-order valence-corrected chi connectivity index (χ3v) is 4.94. The van der Waals surface area contributed by atoms with E-state index in [0.29, 0.717) is 29.4 Å². The molecule has 2 aromatic carbocycles. The van der Waals surface area contributed by atoms with Crippen molar-refractivity contribution in [1.29, 1.82) is 5.26 Å². The molecule has 4 rings (SSSR count). The molecule has 0 saturated carbocycles. The first-order valence-electron chi connectivity index (χ1n) is 9.83. The number of hydrogen-bond acceptors (Lipinski definition) is 8. The Hall–Kier alpha value is -4.38. The largest absolute Gasteiger partial charge is 0.493 e. The number of carbonyl (C=O) groups is 1. The molecule has 2 heterocycles. The molecular weight excluding hydrogens is 412 g/mol. The van der Waals surface area contributed by atoms with Crippen LogP contribution in [0, 0.1) is 11.3 Å². The molecule has 0 radical (unpaired) electrons. The summed E-state index contributed by atoms with van der Waals surface area (Å²) in [6.45, 7) is 2.38. The minimum absolute atomic E-state index is 0.0210. The molecule has 3 aromatic rings. The summed E-state index contributed by atoms with van der Waals surface area (Å²) in [5.41, 5.74) is 7.80. The van der Waals surface area contributed by atoms with Crippen molar-refractivity contribution in [2.24, 2.45) is 5.73 Å². The van der Waals surface area contributed by atoms with E-state index in [1.165, 1.54) is 12.3 Å². The lowest BCUT2D eigenvalue weighted by atomic mass is 9.83. The maximum absolute atomic E-state index is 12.2. The van der Waals surface area contributed by atoms with E-state index in [2.05, 4.69) is 6.07 Å². The fourth-order valence-corrected chi connectivity index (χ4v) is 3.53. The molecule has 1 aliphatic heterocycles. The summed E-state index contributed by atoms with van der Waals surface area (Å²) in [5.74, 6) is 0.689. The van der Waals surface area contributed by atoms with E-state index in [-0.39, 0.29) is 23.0 Å². The van der Waals surface area contributed by atoms with Gasteiger partial charge in [0, 0.05) is 11.6 Å². The second-order valence-electron chi connectivity index (χ2n) is 6.83. The maximum Gasteiger partial charge on any atom is 0.379 e. The predicted octanol–water partition coefficient (Wildman–Crippen LogP) is 4.12. The highest BCUT2D eigenvalue weighted by atomic mass is 16.5. The van der Waals surface area contributed by atoms with E-state index in [1.54, 1.807) is 43.5 Å². The van der Waals surface area contributed by atoms with Crippen molar-refractivity contribution in [2.75, 3.05) is 13.7 Å². The SMILES string of the molecule is CCOc1ccc(C2C(C#N)=C(N)Oc3cc(OC(=O)c4ccco4)ccc32)cc1OC. The Labute approximate surface area is 184 Å². The summed E-state index contributed by atoms with van der Waals surface area (Å²) in [4.78, 5) is 12.2. The summed E-state index contributed by atoms with van der Waals surface area (Å²) in [6, 6.07) is 15.6. The number of carbonyl (C=O) groups excluding carboxylic acids is 1. The van der Waals surface area contributed by atoms with Crippen molar-refractivity contribution < 1.29 is 28.2 Å². The van der Waals surface area contributed by atoms with Gasteiger partial charge in [-0.15, -0.1) is 0 Å². The van der Waals surface area contributed by atoms with Crippen molar-refractivity contribution in [2.45, 2.75) is 12.8 Å². The van der Waals surface area contributed by atoms with Crippen molar-refractivity contribution in [3.05, 3.63) is 83.1 Å². The number of nitrogens with zero attached hydrogens (tertiary/aromatic N) is 1. The van der Waals surface area contributed by atoms with Crippen LogP contribution in [0.3, 0.4) is 0 Å². The molecule has 0 bridgehead atoms. The lowest BCUT2D eigenvalue weighted by molar-refractivity contribution is 0.0701. The first-order valence-corrected chi connectivity index (χ1v) is 9.83. The maximum atomic E-state index is 12.2. The van der Waals surface area contributed by atoms with Gasteiger partial charge in [0.15, 0.2) is 11.5 Å². The smallest absolute Gasteiger partial charge is 0.379 e. The van der Waals surface area contributed by atoms with Crippen LogP contribution in [-0.2, 0) is 0 Å². The second kappa shape index (κ2) is 8.78. The number of allylic oxidation sites excluding steroid dienone is 1.